The van der Waals surface area contributed by atoms with Crippen LogP contribution in [0.5, 0.6) is 5.75 Å². The molecule has 0 unspecified atom stereocenters. The van der Waals surface area contributed by atoms with Crippen LogP contribution < -0.4 is 0 Å². The number of aromatic nitrogens is 1. The van der Waals surface area contributed by atoms with Crippen LogP contribution in [-0.2, 0) is 0 Å². The predicted molar refractivity (Wildman–Crippen MR) is 128 cm³/mol. The van der Waals surface area contributed by atoms with Crippen molar-refractivity contribution in [3.63, 3.8) is 0 Å². The van der Waals surface area contributed by atoms with Crippen molar-refractivity contribution in [3.8, 4) is 16.9 Å². The van der Waals surface area contributed by atoms with Gasteiger partial charge in [0, 0.05) is 38.2 Å². The molecule has 0 aliphatic heterocycles. The van der Waals surface area contributed by atoms with E-state index >= 15 is 0 Å². The highest BCUT2D eigenvalue weighted by molar-refractivity contribution is 6.43. The summed E-state index contributed by atoms with van der Waals surface area (Å²) < 4.78 is 0. The van der Waals surface area contributed by atoms with E-state index in [1.165, 1.54) is 0 Å². The SMILES string of the molecule is Oc1cc2ccccc2c(Cl)c1-c1cccc2c1[nH]c1cc3ccccc3c(Cl)c12. The highest BCUT2D eigenvalue weighted by Gasteiger charge is 2.19. The second-order valence-corrected chi connectivity index (χ2v) is 8.25. The Kier molecular flexibility index (Phi) is 3.76. The maximum absolute atomic E-state index is 10.9. The fourth-order valence-corrected chi connectivity index (χ4v) is 5.20. The molecule has 144 valence electrons. The number of phenolic OH excluding ortho intramolecular Hbond substituents is 1. The highest BCUT2D eigenvalue weighted by atomic mass is 35.5. The van der Waals surface area contributed by atoms with Crippen LogP contribution in [0.25, 0.3) is 54.5 Å². The van der Waals surface area contributed by atoms with E-state index in [0.717, 1.165) is 53.9 Å². The number of H-pyrrole nitrogens is 1. The van der Waals surface area contributed by atoms with Crippen LogP contribution in [0.1, 0.15) is 0 Å². The molecule has 1 aromatic heterocycles. The third-order valence-corrected chi connectivity index (χ3v) is 6.60. The van der Waals surface area contributed by atoms with Crippen molar-refractivity contribution in [2.45, 2.75) is 0 Å². The summed E-state index contributed by atoms with van der Waals surface area (Å²) in [7, 11) is 0. The summed E-state index contributed by atoms with van der Waals surface area (Å²) in [6.07, 6.45) is 0. The number of aromatic amines is 1. The third-order valence-electron chi connectivity index (χ3n) is 5.81. The van der Waals surface area contributed by atoms with Crippen molar-refractivity contribution in [2.24, 2.45) is 0 Å². The van der Waals surface area contributed by atoms with E-state index in [0.29, 0.717) is 10.6 Å². The predicted octanol–water partition coefficient (Wildman–Crippen LogP) is 8.31. The molecule has 5 aromatic carbocycles. The van der Waals surface area contributed by atoms with Crippen molar-refractivity contribution in [2.75, 3.05) is 0 Å². The largest absolute Gasteiger partial charge is 0.507 e. The summed E-state index contributed by atoms with van der Waals surface area (Å²) in [4.78, 5) is 3.53. The van der Waals surface area contributed by atoms with E-state index in [-0.39, 0.29) is 5.75 Å². The Balaban J connectivity index is 1.75. The van der Waals surface area contributed by atoms with Crippen molar-refractivity contribution in [1.82, 2.24) is 4.98 Å². The molecular formula is C26H15Cl2NO. The lowest BCUT2D eigenvalue weighted by atomic mass is 9.97. The Hall–Kier alpha value is -3.20. The molecule has 0 aliphatic carbocycles. The van der Waals surface area contributed by atoms with Gasteiger partial charge < -0.3 is 10.1 Å². The van der Waals surface area contributed by atoms with E-state index in [1.807, 2.05) is 60.7 Å². The minimum Gasteiger partial charge on any atom is -0.507 e. The Morgan fingerprint density at radius 2 is 1.30 bits per heavy atom. The van der Waals surface area contributed by atoms with Gasteiger partial charge in [-0.3, -0.25) is 0 Å². The summed E-state index contributed by atoms with van der Waals surface area (Å²) in [5.41, 5.74) is 3.32. The molecule has 0 fully saturated rings. The van der Waals surface area contributed by atoms with E-state index < -0.39 is 0 Å². The molecule has 0 spiro atoms. The zero-order valence-electron chi connectivity index (χ0n) is 15.7. The van der Waals surface area contributed by atoms with Crippen LogP contribution in [0.3, 0.4) is 0 Å². The first kappa shape index (κ1) is 17.6. The normalized spacial score (nSPS) is 11.8. The van der Waals surface area contributed by atoms with Gasteiger partial charge in [-0.25, -0.2) is 0 Å². The Morgan fingerprint density at radius 1 is 0.667 bits per heavy atom. The molecule has 0 saturated carbocycles. The number of rotatable bonds is 1. The number of halogens is 2. The molecule has 4 heteroatoms. The van der Waals surface area contributed by atoms with Crippen LogP contribution in [-0.4, -0.2) is 10.1 Å². The Labute approximate surface area is 182 Å². The van der Waals surface area contributed by atoms with Gasteiger partial charge in [0.05, 0.1) is 15.6 Å². The zero-order valence-corrected chi connectivity index (χ0v) is 17.2. The van der Waals surface area contributed by atoms with Crippen LogP contribution >= 0.6 is 23.2 Å². The fourth-order valence-electron chi connectivity index (χ4n) is 4.45. The summed E-state index contributed by atoms with van der Waals surface area (Å²) in [6.45, 7) is 0. The smallest absolute Gasteiger partial charge is 0.125 e. The van der Waals surface area contributed by atoms with Gasteiger partial charge in [-0.1, -0.05) is 89.9 Å². The monoisotopic (exact) mass is 427 g/mol. The first-order valence-electron chi connectivity index (χ1n) is 9.65. The topological polar surface area (TPSA) is 36.0 Å². The van der Waals surface area contributed by atoms with Gasteiger partial charge in [0.2, 0.25) is 0 Å². The molecule has 6 rings (SSSR count). The number of fused-ring (bicyclic) bond motifs is 5. The van der Waals surface area contributed by atoms with Gasteiger partial charge >= 0.3 is 0 Å². The van der Waals surface area contributed by atoms with Crippen molar-refractivity contribution in [1.29, 1.82) is 0 Å². The van der Waals surface area contributed by atoms with E-state index in [4.69, 9.17) is 23.2 Å². The van der Waals surface area contributed by atoms with E-state index in [1.54, 1.807) is 6.07 Å². The molecule has 2 N–H and O–H groups in total. The zero-order chi connectivity index (χ0) is 20.4. The first-order chi connectivity index (χ1) is 14.6. The quantitative estimate of drug-likeness (QED) is 0.271. The van der Waals surface area contributed by atoms with E-state index in [9.17, 15) is 5.11 Å². The minimum atomic E-state index is 0.154. The van der Waals surface area contributed by atoms with Gasteiger partial charge in [-0.2, -0.15) is 0 Å². The lowest BCUT2D eigenvalue weighted by Crippen LogP contribution is -1.86. The molecule has 30 heavy (non-hydrogen) atoms. The Morgan fingerprint density at radius 3 is 2.07 bits per heavy atom. The molecule has 0 amide bonds. The molecule has 2 nitrogen and oxygen atoms in total. The molecule has 0 bridgehead atoms. The number of benzene rings is 5. The second kappa shape index (κ2) is 6.40. The average molecular weight is 428 g/mol. The number of hydrogen-bond acceptors (Lipinski definition) is 1. The number of nitrogens with one attached hydrogen (secondary N) is 1. The van der Waals surface area contributed by atoms with Crippen LogP contribution in [0.4, 0.5) is 0 Å². The lowest BCUT2D eigenvalue weighted by molar-refractivity contribution is 0.478. The summed E-state index contributed by atoms with van der Waals surface area (Å²) in [6, 6.07) is 25.7. The summed E-state index contributed by atoms with van der Waals surface area (Å²) in [5, 5.41) is 18.0. The number of phenols is 1. The van der Waals surface area contributed by atoms with Gasteiger partial charge in [-0.15, -0.1) is 0 Å². The first-order valence-corrected chi connectivity index (χ1v) is 10.4. The lowest BCUT2D eigenvalue weighted by Gasteiger charge is -2.12. The number of hydrogen-bond donors (Lipinski definition) is 2. The molecule has 0 aliphatic rings. The summed E-state index contributed by atoms with van der Waals surface area (Å²) >= 11 is 13.6. The average Bonchev–Trinajstić information content (AvgIpc) is 3.13. The third kappa shape index (κ3) is 2.38. The van der Waals surface area contributed by atoms with Crippen LogP contribution in [0.2, 0.25) is 10.0 Å². The molecular weight excluding hydrogens is 413 g/mol. The van der Waals surface area contributed by atoms with Gasteiger partial charge in [-0.05, 0) is 22.9 Å². The van der Waals surface area contributed by atoms with Crippen LogP contribution in [0, 0.1) is 0 Å². The molecule has 0 radical (unpaired) electrons. The fraction of sp³-hybridized carbons (Fsp3) is 0. The number of aromatic hydroxyl groups is 1. The second-order valence-electron chi connectivity index (χ2n) is 7.49. The molecule has 0 saturated heterocycles. The van der Waals surface area contributed by atoms with Gasteiger partial charge in [0.15, 0.2) is 0 Å². The highest BCUT2D eigenvalue weighted by Crippen LogP contribution is 2.45. The number of para-hydroxylation sites is 1. The van der Waals surface area contributed by atoms with Crippen molar-refractivity contribution >= 4 is 66.6 Å². The van der Waals surface area contributed by atoms with Gasteiger partial charge in [0.1, 0.15) is 5.75 Å². The van der Waals surface area contributed by atoms with Crippen LogP contribution in [0.15, 0.2) is 78.9 Å². The molecule has 0 atom stereocenters. The van der Waals surface area contributed by atoms with E-state index in [2.05, 4.69) is 17.1 Å². The minimum absolute atomic E-state index is 0.154. The van der Waals surface area contributed by atoms with Gasteiger partial charge in [0.25, 0.3) is 0 Å². The summed E-state index contributed by atoms with van der Waals surface area (Å²) in [5.74, 6) is 0.154. The van der Waals surface area contributed by atoms with Crippen molar-refractivity contribution < 1.29 is 5.11 Å². The Bertz CT molecular complexity index is 1630. The van der Waals surface area contributed by atoms with Crippen molar-refractivity contribution in [3.05, 3.63) is 88.9 Å². The maximum Gasteiger partial charge on any atom is 0.125 e. The standard InChI is InChI=1S/C26H15Cl2NO/c27-24-16-8-3-1-6-14(16)12-20-22(24)18-10-5-11-19(26(18)29-20)23-21(30)13-15-7-2-4-9-17(15)25(23)28/h1-13,29-30H. The molecule has 1 heterocycles. The maximum atomic E-state index is 10.9. The molecule has 6 aromatic rings.